The molecule has 3 N–H and O–H groups in total. The minimum Gasteiger partial charge on any atom is -0.306 e. The van der Waals surface area contributed by atoms with E-state index < -0.39 is 15.8 Å². The number of sulfonamides is 1. The number of hydrogen-bond donors (Lipinski definition) is 2. The van der Waals surface area contributed by atoms with Crippen molar-refractivity contribution in [1.82, 2.24) is 20.1 Å². The first kappa shape index (κ1) is 21.8. The summed E-state index contributed by atoms with van der Waals surface area (Å²) in [6.45, 7) is 1.03. The molecule has 0 aliphatic rings. The number of halogens is 1. The Balaban J connectivity index is 1.63. The van der Waals surface area contributed by atoms with Crippen LogP contribution in [0, 0.1) is 5.82 Å². The minimum atomic E-state index is -4.01. The van der Waals surface area contributed by atoms with E-state index in [0.717, 1.165) is 17.2 Å². The van der Waals surface area contributed by atoms with Gasteiger partial charge in [-0.3, -0.25) is 0 Å². The summed E-state index contributed by atoms with van der Waals surface area (Å²) >= 11 is 0. The first-order valence-electron chi connectivity index (χ1n) is 9.96. The van der Waals surface area contributed by atoms with Gasteiger partial charge in [-0.2, -0.15) is 0 Å². The van der Waals surface area contributed by atoms with Gasteiger partial charge in [-0.15, -0.1) is 5.10 Å². The second kappa shape index (κ2) is 9.39. The predicted molar refractivity (Wildman–Crippen MR) is 119 cm³/mol. The average Bonchev–Trinajstić information content (AvgIpc) is 3.16. The summed E-state index contributed by atoms with van der Waals surface area (Å²) in [6.07, 6.45) is 0.433. The highest BCUT2D eigenvalue weighted by atomic mass is 32.2. The number of primary sulfonamides is 1. The van der Waals surface area contributed by atoms with E-state index >= 15 is 0 Å². The van der Waals surface area contributed by atoms with Gasteiger partial charge in [0.05, 0.1) is 11.4 Å². The Morgan fingerprint density at radius 3 is 2.19 bits per heavy atom. The number of nitrogens with zero attached hydrogens (tertiary/aromatic N) is 3. The molecule has 0 fully saturated rings. The summed E-state index contributed by atoms with van der Waals surface area (Å²) in [7, 11) is -4.01. The Morgan fingerprint density at radius 1 is 0.906 bits per heavy atom. The van der Waals surface area contributed by atoms with Gasteiger partial charge in [-0.25, -0.2) is 27.6 Å². The molecule has 4 aromatic rings. The van der Waals surface area contributed by atoms with Gasteiger partial charge >= 0.3 is 0 Å². The lowest BCUT2D eigenvalue weighted by atomic mass is 10.1. The van der Waals surface area contributed by atoms with Crippen molar-refractivity contribution in [2.45, 2.75) is 24.4 Å². The normalized spacial score (nSPS) is 11.6. The molecular weight excluding hydrogens is 429 g/mol. The molecule has 0 spiro atoms. The summed E-state index contributed by atoms with van der Waals surface area (Å²) in [5.74, 6) is 0.288. The lowest BCUT2D eigenvalue weighted by Crippen LogP contribution is -2.14. The Labute approximate surface area is 185 Å². The van der Waals surface area contributed by atoms with Gasteiger partial charge in [-0.1, -0.05) is 60.7 Å². The van der Waals surface area contributed by atoms with Gasteiger partial charge < -0.3 is 5.32 Å². The van der Waals surface area contributed by atoms with Crippen LogP contribution in [-0.4, -0.2) is 23.2 Å². The van der Waals surface area contributed by atoms with Crippen molar-refractivity contribution >= 4 is 10.0 Å². The molecule has 0 radical (unpaired) electrons. The molecule has 1 aromatic heterocycles. The molecule has 1 heterocycles. The van der Waals surface area contributed by atoms with E-state index in [2.05, 4.69) is 15.4 Å². The first-order valence-corrected chi connectivity index (χ1v) is 11.5. The van der Waals surface area contributed by atoms with Crippen LogP contribution in [-0.2, 0) is 29.5 Å². The zero-order chi connectivity index (χ0) is 22.6. The highest BCUT2D eigenvalue weighted by Crippen LogP contribution is 2.20. The van der Waals surface area contributed by atoms with Crippen LogP contribution in [0.25, 0.3) is 5.69 Å². The fourth-order valence-corrected chi connectivity index (χ4v) is 3.83. The molecule has 0 amide bonds. The third kappa shape index (κ3) is 5.25. The number of nitrogens with two attached hydrogens (primary N) is 1. The van der Waals surface area contributed by atoms with Crippen molar-refractivity contribution in [2.75, 3.05) is 0 Å². The van der Waals surface area contributed by atoms with E-state index in [4.69, 9.17) is 5.14 Å². The molecular formula is C23H22FN5O2S. The highest BCUT2D eigenvalue weighted by molar-refractivity contribution is 7.89. The summed E-state index contributed by atoms with van der Waals surface area (Å²) in [4.78, 5) is 4.31. The lowest BCUT2D eigenvalue weighted by Gasteiger charge is -2.08. The monoisotopic (exact) mass is 451 g/mol. The van der Waals surface area contributed by atoms with E-state index in [-0.39, 0.29) is 10.6 Å². The second-order valence-corrected chi connectivity index (χ2v) is 8.83. The van der Waals surface area contributed by atoms with Gasteiger partial charge in [0.25, 0.3) is 0 Å². The standard InChI is InChI=1S/C23H22FN5O2S/c24-20-14-19(32(25,30)31)11-12-21(20)29-23(13-17-7-3-1-4-8-17)27-22(28-29)16-26-15-18-9-5-2-6-10-18/h1-12,14,26H,13,15-16H2,(H2,25,30,31). The fraction of sp³-hybridized carbons (Fsp3) is 0.130. The number of benzene rings is 3. The van der Waals surface area contributed by atoms with Crippen molar-refractivity contribution < 1.29 is 12.8 Å². The number of aromatic nitrogens is 3. The molecule has 7 nitrogen and oxygen atoms in total. The van der Waals surface area contributed by atoms with Crippen molar-refractivity contribution in [1.29, 1.82) is 0 Å². The van der Waals surface area contributed by atoms with Crippen LogP contribution in [0.2, 0.25) is 0 Å². The van der Waals surface area contributed by atoms with Gasteiger partial charge in [0.15, 0.2) is 5.82 Å². The van der Waals surface area contributed by atoms with Crippen molar-refractivity contribution in [3.8, 4) is 5.69 Å². The largest absolute Gasteiger partial charge is 0.306 e. The molecule has 0 aliphatic carbocycles. The summed E-state index contributed by atoms with van der Waals surface area (Å²) in [6, 6.07) is 23.1. The predicted octanol–water partition coefficient (Wildman–Crippen LogP) is 2.93. The number of rotatable bonds is 8. The smallest absolute Gasteiger partial charge is 0.238 e. The van der Waals surface area contributed by atoms with Crippen LogP contribution in [0.4, 0.5) is 4.39 Å². The third-order valence-corrected chi connectivity index (χ3v) is 5.77. The van der Waals surface area contributed by atoms with Gasteiger partial charge in [0.2, 0.25) is 10.0 Å². The van der Waals surface area contributed by atoms with E-state index in [0.29, 0.717) is 31.2 Å². The zero-order valence-electron chi connectivity index (χ0n) is 17.1. The molecule has 3 aromatic carbocycles. The van der Waals surface area contributed by atoms with Crippen LogP contribution < -0.4 is 10.5 Å². The van der Waals surface area contributed by atoms with Crippen molar-refractivity contribution in [3.63, 3.8) is 0 Å². The zero-order valence-corrected chi connectivity index (χ0v) is 18.0. The van der Waals surface area contributed by atoms with E-state index in [1.807, 2.05) is 60.7 Å². The molecule has 4 rings (SSSR count). The van der Waals surface area contributed by atoms with E-state index in [1.165, 1.54) is 16.8 Å². The van der Waals surface area contributed by atoms with Crippen LogP contribution >= 0.6 is 0 Å². The SMILES string of the molecule is NS(=O)(=O)c1ccc(-n2nc(CNCc3ccccc3)nc2Cc2ccccc2)c(F)c1. The van der Waals surface area contributed by atoms with Gasteiger partial charge in [-0.05, 0) is 29.3 Å². The Hall–Kier alpha value is -3.40. The summed E-state index contributed by atoms with van der Waals surface area (Å²) in [5.41, 5.74) is 2.22. The molecule has 9 heteroatoms. The molecule has 0 saturated heterocycles. The quantitative estimate of drug-likeness (QED) is 0.429. The minimum absolute atomic E-state index is 0.102. The Morgan fingerprint density at radius 2 is 1.56 bits per heavy atom. The highest BCUT2D eigenvalue weighted by Gasteiger charge is 2.18. The van der Waals surface area contributed by atoms with Crippen molar-refractivity contribution in [2.24, 2.45) is 5.14 Å². The van der Waals surface area contributed by atoms with Crippen LogP contribution in [0.3, 0.4) is 0 Å². The Bertz CT molecular complexity index is 1310. The Kier molecular flexibility index (Phi) is 6.40. The maximum absolute atomic E-state index is 14.8. The van der Waals surface area contributed by atoms with Crippen LogP contribution in [0.5, 0.6) is 0 Å². The molecule has 0 saturated carbocycles. The van der Waals surface area contributed by atoms with Crippen LogP contribution in [0.15, 0.2) is 83.8 Å². The molecule has 0 unspecified atom stereocenters. The van der Waals surface area contributed by atoms with E-state index in [1.54, 1.807) is 0 Å². The van der Waals surface area contributed by atoms with Gasteiger partial charge in [0, 0.05) is 13.0 Å². The topological polar surface area (TPSA) is 103 Å². The number of hydrogen-bond acceptors (Lipinski definition) is 5. The second-order valence-electron chi connectivity index (χ2n) is 7.27. The van der Waals surface area contributed by atoms with Gasteiger partial charge in [0.1, 0.15) is 17.3 Å². The number of nitrogens with one attached hydrogen (secondary N) is 1. The molecule has 0 bridgehead atoms. The molecule has 0 aliphatic heterocycles. The maximum atomic E-state index is 14.8. The molecule has 32 heavy (non-hydrogen) atoms. The van der Waals surface area contributed by atoms with E-state index in [9.17, 15) is 12.8 Å². The maximum Gasteiger partial charge on any atom is 0.238 e. The van der Waals surface area contributed by atoms with Crippen molar-refractivity contribution in [3.05, 3.63) is 107 Å². The lowest BCUT2D eigenvalue weighted by molar-refractivity contribution is 0.586. The summed E-state index contributed by atoms with van der Waals surface area (Å²) < 4.78 is 39.4. The third-order valence-electron chi connectivity index (χ3n) is 4.85. The molecule has 164 valence electrons. The fourth-order valence-electron chi connectivity index (χ4n) is 3.30. The average molecular weight is 452 g/mol. The molecule has 0 atom stereocenters. The van der Waals surface area contributed by atoms with Crippen LogP contribution in [0.1, 0.15) is 22.8 Å². The first-order chi connectivity index (χ1) is 15.4. The summed E-state index contributed by atoms with van der Waals surface area (Å²) in [5, 5.41) is 12.9.